The molecule has 10 heteroatoms. The molecule has 7 nitrogen and oxygen atoms in total. The van der Waals surface area contributed by atoms with Crippen LogP contribution in [0.5, 0.6) is 0 Å². The molecule has 0 aliphatic rings. The number of nitrogens with zero attached hydrogens (tertiary/aromatic N) is 1. The lowest BCUT2D eigenvalue weighted by Gasteiger charge is -2.22. The molecule has 0 spiro atoms. The van der Waals surface area contributed by atoms with E-state index in [1.165, 1.54) is 0 Å². The van der Waals surface area contributed by atoms with Crippen LogP contribution in [0.15, 0.2) is 30.3 Å². The number of hydrogen-bond acceptors (Lipinski definition) is 7. The van der Waals surface area contributed by atoms with Gasteiger partial charge in [0.2, 0.25) is 0 Å². The molecule has 0 N–H and O–H groups in total. The molecule has 0 atom stereocenters. The number of halogens is 1. The zero-order valence-electron chi connectivity index (χ0n) is 14.5. The minimum absolute atomic E-state index is 0. The van der Waals surface area contributed by atoms with E-state index in [-0.39, 0.29) is 25.6 Å². The molecule has 0 unspecified atom stereocenters. The zero-order valence-corrected chi connectivity index (χ0v) is 16.9. The number of hydrogen-bond donors (Lipinski definition) is 0. The SMILES string of the molecule is CS(=O)(=O)OCCCN(CCCOS(C)(=O)=O)Cc1ccccc1.Cl. The average molecular weight is 416 g/mol. The molecule has 0 amide bonds. The number of benzene rings is 1. The quantitative estimate of drug-likeness (QED) is 0.378. The van der Waals surface area contributed by atoms with Gasteiger partial charge in [0.15, 0.2) is 0 Å². The first kappa shape index (κ1) is 24.3. The molecule has 0 saturated carbocycles. The summed E-state index contributed by atoms with van der Waals surface area (Å²) >= 11 is 0. The van der Waals surface area contributed by atoms with Crippen LogP contribution in [-0.2, 0) is 35.1 Å². The fraction of sp³-hybridized carbons (Fsp3) is 0.600. The number of rotatable bonds is 12. The summed E-state index contributed by atoms with van der Waals surface area (Å²) in [6, 6.07) is 9.86. The summed E-state index contributed by atoms with van der Waals surface area (Å²) in [6.45, 7) is 2.24. The summed E-state index contributed by atoms with van der Waals surface area (Å²) in [6.07, 6.45) is 3.17. The van der Waals surface area contributed by atoms with Gasteiger partial charge in [-0.3, -0.25) is 13.3 Å². The zero-order chi connectivity index (χ0) is 18.1. The van der Waals surface area contributed by atoms with Gasteiger partial charge in [0.25, 0.3) is 20.2 Å². The van der Waals surface area contributed by atoms with Gasteiger partial charge in [0, 0.05) is 19.6 Å². The molecule has 1 aromatic carbocycles. The molecule has 1 rings (SSSR count). The van der Waals surface area contributed by atoms with E-state index in [4.69, 9.17) is 8.37 Å². The van der Waals surface area contributed by atoms with E-state index in [0.29, 0.717) is 32.5 Å². The first-order chi connectivity index (χ1) is 11.2. The van der Waals surface area contributed by atoms with E-state index in [1.807, 2.05) is 30.3 Å². The van der Waals surface area contributed by atoms with Crippen molar-refractivity contribution in [3.63, 3.8) is 0 Å². The molecule has 146 valence electrons. The predicted octanol–water partition coefficient (Wildman–Crippen LogP) is 1.64. The van der Waals surface area contributed by atoms with Gasteiger partial charge in [0.1, 0.15) is 0 Å². The Kier molecular flexibility index (Phi) is 11.5. The highest BCUT2D eigenvalue weighted by molar-refractivity contribution is 7.86. The first-order valence-electron chi connectivity index (χ1n) is 7.61. The third-order valence-corrected chi connectivity index (χ3v) is 4.27. The highest BCUT2D eigenvalue weighted by Crippen LogP contribution is 2.07. The molecule has 0 aliphatic heterocycles. The van der Waals surface area contributed by atoms with Gasteiger partial charge in [-0.1, -0.05) is 30.3 Å². The van der Waals surface area contributed by atoms with Crippen molar-refractivity contribution in [2.75, 3.05) is 38.8 Å². The van der Waals surface area contributed by atoms with Gasteiger partial charge in [0.05, 0.1) is 25.7 Å². The van der Waals surface area contributed by atoms with Crippen LogP contribution in [0.2, 0.25) is 0 Å². The molecule has 0 aromatic heterocycles. The Labute approximate surface area is 157 Å². The molecular weight excluding hydrogens is 390 g/mol. The standard InChI is InChI=1S/C15H25NO6S2.ClH/c1-23(17,18)21-12-6-10-16(11-7-13-22-24(2,19)20)14-15-8-4-3-5-9-15;/h3-5,8-9H,6-7,10-14H2,1-2H3;1H. The maximum Gasteiger partial charge on any atom is 0.264 e. The summed E-state index contributed by atoms with van der Waals surface area (Å²) in [7, 11) is -6.85. The van der Waals surface area contributed by atoms with Crippen LogP contribution in [0.3, 0.4) is 0 Å². The lowest BCUT2D eigenvalue weighted by molar-refractivity contribution is 0.211. The van der Waals surface area contributed by atoms with Gasteiger partial charge in [-0.05, 0) is 18.4 Å². The van der Waals surface area contributed by atoms with E-state index in [1.54, 1.807) is 0 Å². The normalized spacial score (nSPS) is 12.1. The molecule has 25 heavy (non-hydrogen) atoms. The Morgan fingerprint density at radius 3 is 1.68 bits per heavy atom. The monoisotopic (exact) mass is 415 g/mol. The van der Waals surface area contributed by atoms with Crippen LogP contribution < -0.4 is 0 Å². The Bertz CT molecular complexity index is 639. The molecular formula is C15H26ClNO6S2. The second kappa shape index (κ2) is 11.8. The summed E-state index contributed by atoms with van der Waals surface area (Å²) in [5.41, 5.74) is 1.13. The van der Waals surface area contributed by atoms with Crippen molar-refractivity contribution in [1.29, 1.82) is 0 Å². The summed E-state index contributed by atoms with van der Waals surface area (Å²) in [5.74, 6) is 0. The fourth-order valence-electron chi connectivity index (χ4n) is 2.11. The van der Waals surface area contributed by atoms with Crippen LogP contribution in [0.25, 0.3) is 0 Å². The van der Waals surface area contributed by atoms with Gasteiger partial charge in [-0.15, -0.1) is 12.4 Å². The van der Waals surface area contributed by atoms with Crippen molar-refractivity contribution in [3.05, 3.63) is 35.9 Å². The lowest BCUT2D eigenvalue weighted by Crippen LogP contribution is -2.27. The minimum atomic E-state index is -3.42. The lowest BCUT2D eigenvalue weighted by atomic mass is 10.2. The van der Waals surface area contributed by atoms with Crippen LogP contribution in [-0.4, -0.2) is 60.6 Å². The first-order valence-corrected chi connectivity index (χ1v) is 11.2. The maximum atomic E-state index is 11.0. The van der Waals surface area contributed by atoms with Gasteiger partial charge in [-0.2, -0.15) is 16.8 Å². The van der Waals surface area contributed by atoms with Crippen molar-refractivity contribution in [3.8, 4) is 0 Å². The van der Waals surface area contributed by atoms with Crippen molar-refractivity contribution in [1.82, 2.24) is 4.90 Å². The Hall–Kier alpha value is -0.710. The molecule has 0 heterocycles. The molecule has 0 aliphatic carbocycles. The topological polar surface area (TPSA) is 90.0 Å². The van der Waals surface area contributed by atoms with E-state index < -0.39 is 20.2 Å². The van der Waals surface area contributed by atoms with Gasteiger partial charge < -0.3 is 0 Å². The van der Waals surface area contributed by atoms with Crippen LogP contribution in [0.1, 0.15) is 18.4 Å². The molecule has 0 fully saturated rings. The Balaban J connectivity index is 0.00000576. The Morgan fingerprint density at radius 2 is 1.28 bits per heavy atom. The van der Waals surface area contributed by atoms with Crippen LogP contribution in [0, 0.1) is 0 Å². The summed E-state index contributed by atoms with van der Waals surface area (Å²) in [5, 5.41) is 0. The Morgan fingerprint density at radius 1 is 0.840 bits per heavy atom. The minimum Gasteiger partial charge on any atom is -0.299 e. The smallest absolute Gasteiger partial charge is 0.264 e. The van der Waals surface area contributed by atoms with E-state index in [2.05, 4.69) is 4.90 Å². The highest BCUT2D eigenvalue weighted by atomic mass is 35.5. The van der Waals surface area contributed by atoms with E-state index in [9.17, 15) is 16.8 Å². The van der Waals surface area contributed by atoms with Crippen molar-refractivity contribution < 1.29 is 25.2 Å². The maximum absolute atomic E-state index is 11.0. The van der Waals surface area contributed by atoms with Crippen molar-refractivity contribution >= 4 is 32.6 Å². The van der Waals surface area contributed by atoms with E-state index >= 15 is 0 Å². The van der Waals surface area contributed by atoms with Crippen LogP contribution >= 0.6 is 12.4 Å². The molecule has 0 saturated heterocycles. The average Bonchev–Trinajstić information content (AvgIpc) is 2.46. The van der Waals surface area contributed by atoms with Crippen molar-refractivity contribution in [2.24, 2.45) is 0 Å². The second-order valence-electron chi connectivity index (χ2n) is 5.52. The molecule has 0 bridgehead atoms. The second-order valence-corrected chi connectivity index (χ2v) is 8.81. The fourth-order valence-corrected chi connectivity index (χ4v) is 2.95. The largest absolute Gasteiger partial charge is 0.299 e. The van der Waals surface area contributed by atoms with Crippen molar-refractivity contribution in [2.45, 2.75) is 19.4 Å². The van der Waals surface area contributed by atoms with Gasteiger partial charge >= 0.3 is 0 Å². The van der Waals surface area contributed by atoms with Crippen LogP contribution in [0.4, 0.5) is 0 Å². The third kappa shape index (κ3) is 14.2. The van der Waals surface area contributed by atoms with Gasteiger partial charge in [-0.25, -0.2) is 0 Å². The third-order valence-electron chi connectivity index (χ3n) is 3.08. The molecule has 0 radical (unpaired) electrons. The highest BCUT2D eigenvalue weighted by Gasteiger charge is 2.09. The predicted molar refractivity (Wildman–Crippen MR) is 99.8 cm³/mol. The summed E-state index contributed by atoms with van der Waals surface area (Å²) < 4.78 is 53.3. The summed E-state index contributed by atoms with van der Waals surface area (Å²) in [4.78, 5) is 2.12. The molecule has 1 aromatic rings. The van der Waals surface area contributed by atoms with E-state index in [0.717, 1.165) is 18.1 Å².